The van der Waals surface area contributed by atoms with Crippen LogP contribution in [0.2, 0.25) is 0 Å². The van der Waals surface area contributed by atoms with Crippen LogP contribution >= 0.6 is 23.1 Å². The van der Waals surface area contributed by atoms with Gasteiger partial charge in [0, 0.05) is 35.3 Å². The summed E-state index contributed by atoms with van der Waals surface area (Å²) in [7, 11) is 0. The van der Waals surface area contributed by atoms with E-state index >= 15 is 0 Å². The Hall–Kier alpha value is -4.15. The fraction of sp³-hybridized carbons (Fsp3) is 0.273. The molecule has 3 aromatic carbocycles. The maximum Gasteiger partial charge on any atom is 0.308 e. The van der Waals surface area contributed by atoms with Crippen molar-refractivity contribution in [2.45, 2.75) is 43.5 Å². The molecule has 1 aromatic heterocycles. The molecule has 0 saturated carbocycles. The van der Waals surface area contributed by atoms with Gasteiger partial charge in [-0.25, -0.2) is 4.90 Å². The number of carbonyl (C=O) groups excluding carboxylic acids is 3. The monoisotopic (exact) mass is 612 g/mol. The number of amides is 3. The molecule has 6 rings (SSSR count). The smallest absolute Gasteiger partial charge is 0.308 e. The summed E-state index contributed by atoms with van der Waals surface area (Å²) in [4.78, 5) is 58.5. The first-order valence-corrected chi connectivity index (χ1v) is 16.0. The first-order chi connectivity index (χ1) is 20.8. The zero-order valence-electron chi connectivity index (χ0n) is 24.2. The number of hydrogen-bond acceptors (Lipinski definition) is 7. The Labute approximate surface area is 258 Å². The summed E-state index contributed by atoms with van der Waals surface area (Å²) in [6.45, 7) is 7.63. The number of rotatable bonds is 8. The second kappa shape index (κ2) is 11.9. The number of thiazole rings is 1. The average Bonchev–Trinajstić information content (AvgIpc) is 3.46. The van der Waals surface area contributed by atoms with Gasteiger partial charge in [-0.05, 0) is 62.2 Å². The number of anilines is 3. The zero-order valence-corrected chi connectivity index (χ0v) is 25.8. The van der Waals surface area contributed by atoms with Crippen LogP contribution in [0.5, 0.6) is 0 Å². The quantitative estimate of drug-likeness (QED) is 0.264. The Kier molecular flexibility index (Phi) is 7.98. The molecule has 1 saturated heterocycles. The third kappa shape index (κ3) is 5.19. The fourth-order valence-electron chi connectivity index (χ4n) is 5.97. The number of thioether (sulfide) groups is 1. The van der Waals surface area contributed by atoms with Gasteiger partial charge in [-0.3, -0.25) is 23.7 Å². The van der Waals surface area contributed by atoms with Crippen molar-refractivity contribution < 1.29 is 14.4 Å². The van der Waals surface area contributed by atoms with Crippen LogP contribution in [0.1, 0.15) is 35.8 Å². The van der Waals surface area contributed by atoms with E-state index < -0.39 is 17.1 Å². The van der Waals surface area contributed by atoms with E-state index in [1.165, 1.54) is 21.2 Å². The highest BCUT2D eigenvalue weighted by Gasteiger charge is 2.56. The van der Waals surface area contributed by atoms with E-state index in [9.17, 15) is 19.2 Å². The third-order valence-electron chi connectivity index (χ3n) is 8.17. The largest absolute Gasteiger partial charge is 0.372 e. The van der Waals surface area contributed by atoms with Crippen LogP contribution in [0.25, 0.3) is 0 Å². The number of carbonyl (C=O) groups is 3. The predicted octanol–water partition coefficient (Wildman–Crippen LogP) is 5.50. The highest BCUT2D eigenvalue weighted by atomic mass is 32.2. The van der Waals surface area contributed by atoms with Crippen LogP contribution in [-0.4, -0.2) is 40.6 Å². The molecule has 0 bridgehead atoms. The summed E-state index contributed by atoms with van der Waals surface area (Å²) in [6, 6.07) is 24.5. The van der Waals surface area contributed by atoms with Crippen molar-refractivity contribution in [3.63, 3.8) is 0 Å². The standard InChI is InChI=1S/C33H32N4O4S2/c1-4-35(5-2)22-17-15-21(16-18-22)26-27-28(31(40)37(30(27)39)23-12-7-6-8-13-23)42-32-29(26)43-33(41)36(32)19-25(38)34-24-14-10-9-11-20(24)3/h6-18,26-28H,4-5,19H2,1-3H3,(H,34,38). The van der Waals surface area contributed by atoms with Gasteiger partial charge in [0.15, 0.2) is 0 Å². The van der Waals surface area contributed by atoms with Crippen LogP contribution in [-0.2, 0) is 20.9 Å². The van der Waals surface area contributed by atoms with Crippen LogP contribution in [0, 0.1) is 12.8 Å². The predicted molar refractivity (Wildman–Crippen MR) is 172 cm³/mol. The SMILES string of the molecule is CCN(CC)c1ccc(C2c3sc(=O)n(CC(=O)Nc4ccccc4C)c3SC3C(=O)N(c4ccccc4)C(=O)C32)cc1. The number of para-hydroxylation sites is 2. The van der Waals surface area contributed by atoms with Gasteiger partial charge in [0.05, 0.1) is 16.6 Å². The summed E-state index contributed by atoms with van der Waals surface area (Å²) < 4.78 is 1.45. The van der Waals surface area contributed by atoms with Crippen molar-refractivity contribution in [2.24, 2.45) is 5.92 Å². The van der Waals surface area contributed by atoms with E-state index in [4.69, 9.17) is 0 Å². The number of nitrogens with zero attached hydrogens (tertiary/aromatic N) is 3. The Morgan fingerprint density at radius 1 is 0.884 bits per heavy atom. The van der Waals surface area contributed by atoms with Crippen LogP contribution < -0.4 is 20.0 Å². The van der Waals surface area contributed by atoms with E-state index in [-0.39, 0.29) is 29.1 Å². The van der Waals surface area contributed by atoms with E-state index in [0.29, 0.717) is 21.3 Å². The third-order valence-corrected chi connectivity index (χ3v) is 10.8. The van der Waals surface area contributed by atoms with Gasteiger partial charge < -0.3 is 10.2 Å². The van der Waals surface area contributed by atoms with Crippen LogP contribution in [0.3, 0.4) is 0 Å². The minimum Gasteiger partial charge on any atom is -0.372 e. The zero-order chi connectivity index (χ0) is 30.2. The number of aryl methyl sites for hydroxylation is 1. The maximum absolute atomic E-state index is 14.1. The van der Waals surface area contributed by atoms with E-state index in [1.54, 1.807) is 24.3 Å². The number of fused-ring (bicyclic) bond motifs is 2. The summed E-state index contributed by atoms with van der Waals surface area (Å²) in [5.41, 5.74) is 4.05. The van der Waals surface area contributed by atoms with Crippen molar-refractivity contribution in [1.29, 1.82) is 0 Å². The summed E-state index contributed by atoms with van der Waals surface area (Å²) in [6.07, 6.45) is 0. The minimum absolute atomic E-state index is 0.193. The Balaban J connectivity index is 1.42. The second-order valence-corrected chi connectivity index (χ2v) is 12.8. The number of nitrogens with one attached hydrogen (secondary N) is 1. The van der Waals surface area contributed by atoms with Gasteiger partial charge in [0.25, 0.3) is 0 Å². The molecule has 8 nitrogen and oxygen atoms in total. The molecule has 3 amide bonds. The molecule has 43 heavy (non-hydrogen) atoms. The normalized spacial score (nSPS) is 19.2. The van der Waals surface area contributed by atoms with Gasteiger partial charge in [-0.15, -0.1) is 0 Å². The molecule has 1 N–H and O–H groups in total. The van der Waals surface area contributed by atoms with Gasteiger partial charge in [0.1, 0.15) is 11.8 Å². The minimum atomic E-state index is -0.729. The lowest BCUT2D eigenvalue weighted by Crippen LogP contribution is -2.33. The summed E-state index contributed by atoms with van der Waals surface area (Å²) in [5, 5.41) is 2.75. The van der Waals surface area contributed by atoms with E-state index in [2.05, 4.69) is 24.1 Å². The number of hydrogen-bond donors (Lipinski definition) is 1. The molecule has 2 aliphatic heterocycles. The Morgan fingerprint density at radius 3 is 2.23 bits per heavy atom. The maximum atomic E-state index is 14.1. The van der Waals surface area contributed by atoms with Gasteiger partial charge in [-0.2, -0.15) is 0 Å². The van der Waals surface area contributed by atoms with Crippen molar-refractivity contribution in [3.05, 3.63) is 105 Å². The highest BCUT2D eigenvalue weighted by molar-refractivity contribution is 8.00. The number of aromatic nitrogens is 1. The van der Waals surface area contributed by atoms with Crippen molar-refractivity contribution in [1.82, 2.24) is 4.57 Å². The molecule has 4 aromatic rings. The van der Waals surface area contributed by atoms with Crippen LogP contribution in [0.4, 0.5) is 17.1 Å². The molecule has 3 atom stereocenters. The Bertz CT molecular complexity index is 1740. The average molecular weight is 613 g/mol. The van der Waals surface area contributed by atoms with Gasteiger partial charge >= 0.3 is 4.87 Å². The first-order valence-electron chi connectivity index (χ1n) is 14.4. The van der Waals surface area contributed by atoms with E-state index in [1.807, 2.05) is 61.5 Å². The van der Waals surface area contributed by atoms with Crippen molar-refractivity contribution >= 4 is 57.9 Å². The van der Waals surface area contributed by atoms with Crippen molar-refractivity contribution in [3.8, 4) is 0 Å². The lowest BCUT2D eigenvalue weighted by molar-refractivity contribution is -0.122. The van der Waals surface area contributed by atoms with Gasteiger partial charge in [-0.1, -0.05) is 71.6 Å². The molecular weight excluding hydrogens is 581 g/mol. The summed E-state index contributed by atoms with van der Waals surface area (Å²) in [5.74, 6) is -2.11. The molecule has 0 radical (unpaired) electrons. The molecule has 1 fully saturated rings. The van der Waals surface area contributed by atoms with E-state index in [0.717, 1.165) is 41.2 Å². The second-order valence-electron chi connectivity index (χ2n) is 10.6. The first kappa shape index (κ1) is 28.9. The van der Waals surface area contributed by atoms with Crippen LogP contribution in [0.15, 0.2) is 88.7 Å². The summed E-state index contributed by atoms with van der Waals surface area (Å²) >= 11 is 2.28. The molecule has 2 aliphatic rings. The van der Waals surface area contributed by atoms with Gasteiger partial charge in [0.2, 0.25) is 17.7 Å². The lowest BCUT2D eigenvalue weighted by Gasteiger charge is -2.31. The molecule has 0 aliphatic carbocycles. The fourth-order valence-corrected chi connectivity index (χ4v) is 8.75. The lowest BCUT2D eigenvalue weighted by atomic mass is 9.83. The molecule has 10 heteroatoms. The molecule has 220 valence electrons. The molecule has 3 unspecified atom stereocenters. The number of imide groups is 1. The van der Waals surface area contributed by atoms with Crippen molar-refractivity contribution in [2.75, 3.05) is 28.2 Å². The molecule has 3 heterocycles. The molecular formula is C33H32N4O4S2. The Morgan fingerprint density at radius 2 is 1.56 bits per heavy atom. The molecule has 0 spiro atoms. The highest BCUT2D eigenvalue weighted by Crippen LogP contribution is 2.54. The topological polar surface area (TPSA) is 91.7 Å². The number of benzene rings is 3.